The van der Waals surface area contributed by atoms with Crippen molar-refractivity contribution in [1.29, 1.82) is 0 Å². The van der Waals surface area contributed by atoms with E-state index in [4.69, 9.17) is 4.52 Å². The first-order valence-corrected chi connectivity index (χ1v) is 9.83. The number of amides is 1. The first-order valence-electron chi connectivity index (χ1n) is 7.90. The molecule has 130 valence electrons. The second-order valence-electron chi connectivity index (χ2n) is 5.62. The van der Waals surface area contributed by atoms with E-state index < -0.39 is 0 Å². The number of thiophene rings is 1. The third kappa shape index (κ3) is 4.70. The minimum absolute atomic E-state index is 0.0526. The summed E-state index contributed by atoms with van der Waals surface area (Å²) in [6.45, 7) is 2.24. The molecule has 0 saturated carbocycles. The van der Waals surface area contributed by atoms with Crippen LogP contribution in [0.15, 0.2) is 52.4 Å². The molecule has 1 amide bonds. The molecular weight excluding hydrogens is 354 g/mol. The van der Waals surface area contributed by atoms with Crippen LogP contribution in [0.2, 0.25) is 0 Å². The summed E-state index contributed by atoms with van der Waals surface area (Å²) in [5.41, 5.74) is 1.22. The lowest BCUT2D eigenvalue weighted by Crippen LogP contribution is -2.33. The van der Waals surface area contributed by atoms with E-state index >= 15 is 0 Å². The standard InChI is InChI=1S/C18H19N3O2S2/c1-13(25-12-14-7-4-3-5-8-14)18(22)21(2)11-16-19-17(20-23-16)15-9-6-10-24-15/h3-10,13H,11-12H2,1-2H3/t13-/m1/s1. The average Bonchev–Trinajstić information content (AvgIpc) is 3.31. The molecular formula is C18H19N3O2S2. The van der Waals surface area contributed by atoms with Crippen LogP contribution in [0.1, 0.15) is 18.4 Å². The Kier molecular flexibility index (Phi) is 5.88. The van der Waals surface area contributed by atoms with Gasteiger partial charge in [-0.05, 0) is 23.9 Å². The van der Waals surface area contributed by atoms with Gasteiger partial charge in [0.15, 0.2) is 0 Å². The van der Waals surface area contributed by atoms with E-state index in [0.29, 0.717) is 18.3 Å². The van der Waals surface area contributed by atoms with Gasteiger partial charge in [-0.3, -0.25) is 4.79 Å². The van der Waals surface area contributed by atoms with Gasteiger partial charge < -0.3 is 9.42 Å². The maximum absolute atomic E-state index is 12.5. The van der Waals surface area contributed by atoms with Crippen LogP contribution >= 0.6 is 23.1 Å². The largest absolute Gasteiger partial charge is 0.337 e. The second kappa shape index (κ2) is 8.31. The molecule has 0 aliphatic rings. The fourth-order valence-corrected chi connectivity index (χ4v) is 3.89. The first kappa shape index (κ1) is 17.7. The monoisotopic (exact) mass is 373 g/mol. The Morgan fingerprint density at radius 2 is 2.08 bits per heavy atom. The molecule has 25 heavy (non-hydrogen) atoms. The molecule has 0 aliphatic heterocycles. The summed E-state index contributed by atoms with van der Waals surface area (Å²) in [5, 5.41) is 5.80. The van der Waals surface area contributed by atoms with E-state index in [2.05, 4.69) is 22.3 Å². The lowest BCUT2D eigenvalue weighted by Gasteiger charge is -2.19. The van der Waals surface area contributed by atoms with Gasteiger partial charge in [0.25, 0.3) is 0 Å². The first-order chi connectivity index (χ1) is 12.1. The second-order valence-corrected chi connectivity index (χ2v) is 7.90. The molecule has 0 aliphatic carbocycles. The maximum Gasteiger partial charge on any atom is 0.246 e. The van der Waals surface area contributed by atoms with E-state index in [9.17, 15) is 4.79 Å². The zero-order chi connectivity index (χ0) is 17.6. The summed E-state index contributed by atoms with van der Waals surface area (Å²) in [6, 6.07) is 14.0. The van der Waals surface area contributed by atoms with Crippen molar-refractivity contribution < 1.29 is 9.32 Å². The summed E-state index contributed by atoms with van der Waals surface area (Å²) >= 11 is 3.18. The molecule has 3 aromatic rings. The van der Waals surface area contributed by atoms with Crippen molar-refractivity contribution in [1.82, 2.24) is 15.0 Å². The van der Waals surface area contributed by atoms with Gasteiger partial charge in [-0.2, -0.15) is 4.98 Å². The van der Waals surface area contributed by atoms with Crippen molar-refractivity contribution in [3.63, 3.8) is 0 Å². The van der Waals surface area contributed by atoms with E-state index in [0.717, 1.165) is 10.6 Å². The number of rotatable bonds is 7. The predicted molar refractivity (Wildman–Crippen MR) is 101 cm³/mol. The van der Waals surface area contributed by atoms with Gasteiger partial charge in [-0.15, -0.1) is 23.1 Å². The van der Waals surface area contributed by atoms with Crippen LogP contribution in [-0.2, 0) is 17.1 Å². The summed E-state index contributed by atoms with van der Waals surface area (Å²) in [5.74, 6) is 1.87. The van der Waals surface area contributed by atoms with Gasteiger partial charge in [-0.1, -0.05) is 41.6 Å². The molecule has 1 atom stereocenters. The Labute approximate surface area is 155 Å². The molecule has 2 aromatic heterocycles. The Bertz CT molecular complexity index is 803. The van der Waals surface area contributed by atoms with Crippen molar-refractivity contribution in [2.24, 2.45) is 0 Å². The predicted octanol–water partition coefficient (Wildman–Crippen LogP) is 4.08. The highest BCUT2D eigenvalue weighted by Crippen LogP contribution is 2.22. The number of nitrogens with zero attached hydrogens (tertiary/aromatic N) is 3. The highest BCUT2D eigenvalue weighted by atomic mass is 32.2. The van der Waals surface area contributed by atoms with Crippen molar-refractivity contribution in [3.05, 3.63) is 59.3 Å². The third-order valence-corrected chi connectivity index (χ3v) is 5.72. The minimum Gasteiger partial charge on any atom is -0.337 e. The van der Waals surface area contributed by atoms with Gasteiger partial charge in [0.05, 0.1) is 16.7 Å². The fraction of sp³-hybridized carbons (Fsp3) is 0.278. The molecule has 3 rings (SSSR count). The maximum atomic E-state index is 12.5. The molecule has 1 aromatic carbocycles. The van der Waals surface area contributed by atoms with Gasteiger partial charge in [0, 0.05) is 12.8 Å². The normalized spacial score (nSPS) is 12.1. The number of carbonyl (C=O) groups is 1. The van der Waals surface area contributed by atoms with Gasteiger partial charge >= 0.3 is 0 Å². The summed E-state index contributed by atoms with van der Waals surface area (Å²) in [4.78, 5) is 19.5. The average molecular weight is 374 g/mol. The van der Waals surface area contributed by atoms with Crippen LogP contribution in [0.4, 0.5) is 0 Å². The highest BCUT2D eigenvalue weighted by Gasteiger charge is 2.20. The van der Waals surface area contributed by atoms with Crippen molar-refractivity contribution >= 4 is 29.0 Å². The Balaban J connectivity index is 1.53. The molecule has 0 bridgehead atoms. The number of carbonyl (C=O) groups excluding carboxylic acids is 1. The smallest absolute Gasteiger partial charge is 0.246 e. The van der Waals surface area contributed by atoms with E-state index in [1.54, 1.807) is 35.0 Å². The SMILES string of the molecule is C[C@@H](SCc1ccccc1)C(=O)N(C)Cc1nc(-c2cccs2)no1. The van der Waals surface area contributed by atoms with Gasteiger partial charge in [-0.25, -0.2) is 0 Å². The summed E-state index contributed by atoms with van der Waals surface area (Å²) in [7, 11) is 1.76. The molecule has 0 N–H and O–H groups in total. The molecule has 5 nitrogen and oxygen atoms in total. The van der Waals surface area contributed by atoms with E-state index in [1.807, 2.05) is 42.6 Å². The van der Waals surface area contributed by atoms with Crippen molar-refractivity contribution in [3.8, 4) is 10.7 Å². The van der Waals surface area contributed by atoms with E-state index in [1.165, 1.54) is 5.56 Å². The zero-order valence-electron chi connectivity index (χ0n) is 14.1. The van der Waals surface area contributed by atoms with Gasteiger partial charge in [0.1, 0.15) is 0 Å². The fourth-order valence-electron chi connectivity index (χ4n) is 2.28. The molecule has 2 heterocycles. The number of aromatic nitrogens is 2. The van der Waals surface area contributed by atoms with Crippen molar-refractivity contribution in [2.45, 2.75) is 24.5 Å². The molecule has 0 saturated heterocycles. The zero-order valence-corrected chi connectivity index (χ0v) is 15.7. The Hall–Kier alpha value is -2.12. The minimum atomic E-state index is -0.134. The van der Waals surface area contributed by atoms with Gasteiger partial charge in [0.2, 0.25) is 17.6 Å². The molecule has 7 heteroatoms. The van der Waals surface area contributed by atoms with Crippen LogP contribution in [0.3, 0.4) is 0 Å². The molecule has 0 radical (unpaired) electrons. The quantitative estimate of drug-likeness (QED) is 0.624. The Morgan fingerprint density at radius 1 is 1.28 bits per heavy atom. The number of hydrogen-bond acceptors (Lipinski definition) is 6. The number of thioether (sulfide) groups is 1. The third-order valence-electron chi connectivity index (χ3n) is 3.65. The van der Waals surface area contributed by atoms with Crippen molar-refractivity contribution in [2.75, 3.05) is 7.05 Å². The summed E-state index contributed by atoms with van der Waals surface area (Å²) < 4.78 is 5.26. The van der Waals surface area contributed by atoms with Crippen LogP contribution in [0.25, 0.3) is 10.7 Å². The Morgan fingerprint density at radius 3 is 2.80 bits per heavy atom. The van der Waals surface area contributed by atoms with Crippen LogP contribution in [0, 0.1) is 0 Å². The number of benzene rings is 1. The van der Waals surface area contributed by atoms with Crippen LogP contribution in [0.5, 0.6) is 0 Å². The lowest BCUT2D eigenvalue weighted by atomic mass is 10.2. The summed E-state index contributed by atoms with van der Waals surface area (Å²) in [6.07, 6.45) is 0. The molecule has 0 spiro atoms. The molecule has 0 fully saturated rings. The topological polar surface area (TPSA) is 59.2 Å². The number of hydrogen-bond donors (Lipinski definition) is 0. The van der Waals surface area contributed by atoms with E-state index in [-0.39, 0.29) is 11.2 Å². The molecule has 0 unspecified atom stereocenters. The van der Waals surface area contributed by atoms with Crippen LogP contribution < -0.4 is 0 Å². The highest BCUT2D eigenvalue weighted by molar-refractivity contribution is 7.99. The lowest BCUT2D eigenvalue weighted by molar-refractivity contribution is -0.129. The van der Waals surface area contributed by atoms with Crippen LogP contribution in [-0.4, -0.2) is 33.2 Å².